The van der Waals surface area contributed by atoms with Gasteiger partial charge in [-0.3, -0.25) is 14.9 Å². The average Bonchev–Trinajstić information content (AvgIpc) is 3.02. The van der Waals surface area contributed by atoms with E-state index in [1.54, 1.807) is 0 Å². The fourth-order valence-corrected chi connectivity index (χ4v) is 2.93. The number of hydrogen-bond donors (Lipinski definition) is 1. The summed E-state index contributed by atoms with van der Waals surface area (Å²) in [6, 6.07) is 9.29. The van der Waals surface area contributed by atoms with Crippen molar-refractivity contribution in [2.45, 2.75) is 13.3 Å². The molecule has 2 aromatic rings. The van der Waals surface area contributed by atoms with Crippen LogP contribution in [0.15, 0.2) is 35.9 Å². The van der Waals surface area contributed by atoms with Gasteiger partial charge in [0.2, 0.25) is 0 Å². The van der Waals surface area contributed by atoms with Gasteiger partial charge in [0.25, 0.3) is 11.6 Å². The predicted molar refractivity (Wildman–Crippen MR) is 94.0 cm³/mol. The normalized spacial score (nSPS) is 11.0. The molecule has 1 amide bonds. The summed E-state index contributed by atoms with van der Waals surface area (Å²) in [5, 5.41) is 22.6. The zero-order valence-corrected chi connectivity index (χ0v) is 14.1. The summed E-state index contributed by atoms with van der Waals surface area (Å²) in [5.74, 6) is -0.675. The molecular formula is C16H12ClN3O3S. The lowest BCUT2D eigenvalue weighted by Crippen LogP contribution is -2.13. The molecule has 24 heavy (non-hydrogen) atoms. The summed E-state index contributed by atoms with van der Waals surface area (Å²) >= 11 is 7.42. The van der Waals surface area contributed by atoms with E-state index < -0.39 is 10.8 Å². The van der Waals surface area contributed by atoms with Crippen molar-refractivity contribution < 1.29 is 9.72 Å². The second-order valence-electron chi connectivity index (χ2n) is 4.70. The molecule has 1 aromatic heterocycles. The lowest BCUT2D eigenvalue weighted by atomic mass is 10.2. The van der Waals surface area contributed by atoms with Crippen LogP contribution < -0.4 is 5.32 Å². The smallest absolute Gasteiger partial charge is 0.271 e. The van der Waals surface area contributed by atoms with Gasteiger partial charge in [0.15, 0.2) is 0 Å². The minimum Gasteiger partial charge on any atom is -0.320 e. The highest BCUT2D eigenvalue weighted by Gasteiger charge is 2.15. The number of halogens is 1. The Bertz CT molecular complexity index is 868. The van der Waals surface area contributed by atoms with Crippen LogP contribution in [0.3, 0.4) is 0 Å². The van der Waals surface area contributed by atoms with E-state index in [0.29, 0.717) is 0 Å². The number of nitriles is 1. The van der Waals surface area contributed by atoms with Crippen LogP contribution in [0.2, 0.25) is 5.02 Å². The largest absolute Gasteiger partial charge is 0.320 e. The van der Waals surface area contributed by atoms with Crippen molar-refractivity contribution in [3.05, 3.63) is 60.8 Å². The third-order valence-electron chi connectivity index (χ3n) is 3.09. The number of rotatable bonds is 5. The number of carbonyl (C=O) groups is 1. The first-order valence-corrected chi connectivity index (χ1v) is 8.09. The molecule has 122 valence electrons. The minimum atomic E-state index is -0.675. The summed E-state index contributed by atoms with van der Waals surface area (Å²) in [6.45, 7) is 2.02. The summed E-state index contributed by atoms with van der Waals surface area (Å²) in [5.41, 5.74) is -0.234. The minimum absolute atomic E-state index is 0.0810. The molecule has 0 saturated carbocycles. The van der Waals surface area contributed by atoms with Crippen molar-refractivity contribution in [1.29, 1.82) is 5.26 Å². The highest BCUT2D eigenvalue weighted by atomic mass is 35.5. The summed E-state index contributed by atoms with van der Waals surface area (Å²) < 4.78 is 0. The Morgan fingerprint density at radius 1 is 1.46 bits per heavy atom. The lowest BCUT2D eigenvalue weighted by molar-refractivity contribution is -0.384. The van der Waals surface area contributed by atoms with E-state index in [4.69, 9.17) is 11.6 Å². The van der Waals surface area contributed by atoms with Gasteiger partial charge in [-0.15, -0.1) is 11.3 Å². The first-order chi connectivity index (χ1) is 11.4. The van der Waals surface area contributed by atoms with Gasteiger partial charge in [0.05, 0.1) is 15.6 Å². The molecule has 0 aliphatic rings. The predicted octanol–water partition coefficient (Wildman–Crippen LogP) is 4.42. The number of thiophene rings is 1. The van der Waals surface area contributed by atoms with Crippen molar-refractivity contribution in [3.63, 3.8) is 0 Å². The van der Waals surface area contributed by atoms with Crippen molar-refractivity contribution in [2.75, 3.05) is 5.32 Å². The summed E-state index contributed by atoms with van der Waals surface area (Å²) in [6.07, 6.45) is 2.35. The zero-order valence-electron chi connectivity index (χ0n) is 12.6. The molecule has 0 atom stereocenters. The molecular weight excluding hydrogens is 350 g/mol. The second-order valence-corrected chi connectivity index (χ2v) is 6.31. The highest BCUT2D eigenvalue weighted by Crippen LogP contribution is 2.27. The number of nitro groups is 1. The molecule has 1 heterocycles. The number of nitrogens with one attached hydrogen (secondary N) is 1. The molecule has 0 aliphatic heterocycles. The van der Waals surface area contributed by atoms with Crippen LogP contribution in [0.5, 0.6) is 0 Å². The number of nitrogens with zero attached hydrogens (tertiary/aromatic N) is 2. The summed E-state index contributed by atoms with van der Waals surface area (Å²) in [4.78, 5) is 24.4. The van der Waals surface area contributed by atoms with Crippen LogP contribution in [-0.2, 0) is 11.2 Å². The molecule has 0 spiro atoms. The average molecular weight is 362 g/mol. The third-order valence-corrected chi connectivity index (χ3v) is 4.60. The van der Waals surface area contributed by atoms with Gasteiger partial charge in [-0.25, -0.2) is 0 Å². The van der Waals surface area contributed by atoms with Crippen LogP contribution in [0.1, 0.15) is 16.7 Å². The Morgan fingerprint density at radius 2 is 2.21 bits per heavy atom. The van der Waals surface area contributed by atoms with Gasteiger partial charge < -0.3 is 5.32 Å². The monoisotopic (exact) mass is 361 g/mol. The van der Waals surface area contributed by atoms with Crippen LogP contribution in [0.4, 0.5) is 11.4 Å². The molecule has 0 aliphatic carbocycles. The Kier molecular flexibility index (Phi) is 5.68. The van der Waals surface area contributed by atoms with Gasteiger partial charge in [-0.05, 0) is 30.7 Å². The maximum Gasteiger partial charge on any atom is 0.271 e. The van der Waals surface area contributed by atoms with E-state index >= 15 is 0 Å². The van der Waals surface area contributed by atoms with E-state index in [1.165, 1.54) is 29.5 Å². The number of amides is 1. The molecule has 0 fully saturated rings. The number of nitro benzene ring substituents is 1. The number of hydrogen-bond acceptors (Lipinski definition) is 5. The molecule has 8 heteroatoms. The molecule has 0 radical (unpaired) electrons. The highest BCUT2D eigenvalue weighted by molar-refractivity contribution is 7.12. The van der Waals surface area contributed by atoms with Crippen LogP contribution in [-0.4, -0.2) is 10.8 Å². The fourth-order valence-electron chi connectivity index (χ4n) is 1.87. The number of benzene rings is 1. The first kappa shape index (κ1) is 17.7. The molecule has 2 rings (SSSR count). The lowest BCUT2D eigenvalue weighted by Gasteiger charge is -2.06. The van der Waals surface area contributed by atoms with E-state index in [0.717, 1.165) is 22.2 Å². The number of anilines is 1. The van der Waals surface area contributed by atoms with Gasteiger partial charge >= 0.3 is 0 Å². The third kappa shape index (κ3) is 4.19. The maximum atomic E-state index is 12.2. The fraction of sp³-hybridized carbons (Fsp3) is 0.125. The molecule has 0 unspecified atom stereocenters. The van der Waals surface area contributed by atoms with Crippen LogP contribution >= 0.6 is 22.9 Å². The van der Waals surface area contributed by atoms with E-state index in [2.05, 4.69) is 5.32 Å². The second kappa shape index (κ2) is 7.73. The van der Waals surface area contributed by atoms with Crippen molar-refractivity contribution >= 4 is 46.3 Å². The van der Waals surface area contributed by atoms with Crippen molar-refractivity contribution in [2.24, 2.45) is 0 Å². The molecule has 1 N–H and O–H groups in total. The topological polar surface area (TPSA) is 96.0 Å². The molecule has 6 nitrogen and oxygen atoms in total. The van der Waals surface area contributed by atoms with Crippen LogP contribution in [0, 0.1) is 21.4 Å². The van der Waals surface area contributed by atoms with E-state index in [9.17, 15) is 20.2 Å². The van der Waals surface area contributed by atoms with Gasteiger partial charge in [-0.1, -0.05) is 18.5 Å². The quantitative estimate of drug-likeness (QED) is 0.369. The molecule has 1 aromatic carbocycles. The van der Waals surface area contributed by atoms with Gasteiger partial charge in [0.1, 0.15) is 11.6 Å². The Morgan fingerprint density at radius 3 is 2.79 bits per heavy atom. The number of non-ortho nitro benzene ring substituents is 1. The van der Waals surface area contributed by atoms with E-state index in [1.807, 2.05) is 25.1 Å². The summed E-state index contributed by atoms with van der Waals surface area (Å²) in [7, 11) is 0. The molecule has 0 saturated heterocycles. The molecule has 0 bridgehead atoms. The Balaban J connectivity index is 2.25. The van der Waals surface area contributed by atoms with E-state index in [-0.39, 0.29) is 22.0 Å². The Labute approximate surface area is 147 Å². The number of aryl methyl sites for hydroxylation is 1. The first-order valence-electron chi connectivity index (χ1n) is 6.90. The van der Waals surface area contributed by atoms with Crippen molar-refractivity contribution in [1.82, 2.24) is 0 Å². The SMILES string of the molecule is CCc1ccc(C=C(C#N)C(=O)Nc2cc([N+](=O)[O-])ccc2Cl)s1. The maximum absolute atomic E-state index is 12.2. The Hall–Kier alpha value is -2.69. The van der Waals surface area contributed by atoms with Gasteiger partial charge in [0, 0.05) is 21.9 Å². The standard InChI is InChI=1S/C16H12ClN3O3S/c1-2-12-4-5-13(24-12)7-10(9-18)16(21)19-15-8-11(20(22)23)3-6-14(15)17/h3-8H,2H2,1H3,(H,19,21). The van der Waals surface area contributed by atoms with Crippen LogP contribution in [0.25, 0.3) is 6.08 Å². The van der Waals surface area contributed by atoms with Gasteiger partial charge in [-0.2, -0.15) is 5.26 Å². The zero-order chi connectivity index (χ0) is 17.7. The number of carbonyl (C=O) groups excluding carboxylic acids is 1. The van der Waals surface area contributed by atoms with Crippen molar-refractivity contribution in [3.8, 4) is 6.07 Å².